The number of aromatic nitrogens is 3. The molecule has 0 aliphatic heterocycles. The van der Waals surface area contributed by atoms with E-state index in [4.69, 9.17) is 0 Å². The maximum atomic E-state index is 12.8. The molecule has 148 valence electrons. The molecular weight excluding hydrogens is 384 g/mol. The van der Waals surface area contributed by atoms with Crippen molar-refractivity contribution in [1.82, 2.24) is 20.3 Å². The summed E-state index contributed by atoms with van der Waals surface area (Å²) in [6.07, 6.45) is 2.47. The van der Waals surface area contributed by atoms with E-state index in [0.29, 0.717) is 22.8 Å². The highest BCUT2D eigenvalue weighted by atomic mass is 32.1. The monoisotopic (exact) mass is 406 g/mol. The van der Waals surface area contributed by atoms with Crippen molar-refractivity contribution in [1.29, 1.82) is 0 Å². The normalized spacial score (nSPS) is 12.4. The number of hydrogen-bond acceptors (Lipinski definition) is 4. The lowest BCUT2D eigenvalue weighted by molar-refractivity contribution is 0.0939. The number of para-hydroxylation sites is 1. The molecule has 0 radical (unpaired) electrons. The van der Waals surface area contributed by atoms with Gasteiger partial charge >= 0.3 is 0 Å². The van der Waals surface area contributed by atoms with Crippen molar-refractivity contribution in [2.75, 3.05) is 0 Å². The van der Waals surface area contributed by atoms with Crippen molar-refractivity contribution >= 4 is 28.1 Å². The molecule has 1 amide bonds. The number of aromatic amines is 2. The lowest BCUT2D eigenvalue weighted by Crippen LogP contribution is -2.31. The maximum absolute atomic E-state index is 12.8. The number of fused-ring (bicyclic) bond motifs is 1. The van der Waals surface area contributed by atoms with Crippen molar-refractivity contribution in [3.05, 3.63) is 86.4 Å². The molecule has 0 saturated heterocycles. The second kappa shape index (κ2) is 8.05. The van der Waals surface area contributed by atoms with E-state index in [9.17, 15) is 9.59 Å². The summed E-state index contributed by atoms with van der Waals surface area (Å²) >= 11 is 1.38. The molecule has 0 saturated carbocycles. The van der Waals surface area contributed by atoms with Gasteiger partial charge in [0.2, 0.25) is 0 Å². The summed E-state index contributed by atoms with van der Waals surface area (Å²) in [5.41, 5.74) is 2.44. The fourth-order valence-electron chi connectivity index (χ4n) is 3.33. The number of amides is 1. The van der Waals surface area contributed by atoms with E-state index < -0.39 is 6.04 Å². The van der Waals surface area contributed by atoms with Gasteiger partial charge in [-0.2, -0.15) is 0 Å². The second-order valence-corrected chi connectivity index (χ2v) is 8.22. The van der Waals surface area contributed by atoms with Crippen molar-refractivity contribution in [3.63, 3.8) is 0 Å². The first-order valence-corrected chi connectivity index (χ1v) is 10.4. The zero-order valence-electron chi connectivity index (χ0n) is 16.2. The Bertz CT molecular complexity index is 1190. The molecule has 3 N–H and O–H groups in total. The lowest BCUT2D eigenvalue weighted by atomic mass is 10.0. The molecule has 7 heteroatoms. The predicted octanol–water partition coefficient (Wildman–Crippen LogP) is 4.15. The van der Waals surface area contributed by atoms with Gasteiger partial charge in [-0.25, -0.2) is 4.98 Å². The number of nitrogens with one attached hydrogen (secondary N) is 3. The molecule has 4 rings (SSSR count). The van der Waals surface area contributed by atoms with Crippen LogP contribution in [0.4, 0.5) is 0 Å². The van der Waals surface area contributed by atoms with Gasteiger partial charge in [-0.05, 0) is 23.1 Å². The highest BCUT2D eigenvalue weighted by molar-refractivity contribution is 7.12. The van der Waals surface area contributed by atoms with Gasteiger partial charge in [-0.15, -0.1) is 11.3 Å². The Labute approximate surface area is 172 Å². The molecule has 0 spiro atoms. The van der Waals surface area contributed by atoms with Gasteiger partial charge in [0.1, 0.15) is 5.82 Å². The predicted molar refractivity (Wildman–Crippen MR) is 115 cm³/mol. The van der Waals surface area contributed by atoms with Crippen LogP contribution in [0.25, 0.3) is 10.9 Å². The van der Waals surface area contributed by atoms with Gasteiger partial charge in [-0.1, -0.05) is 38.1 Å². The Kier molecular flexibility index (Phi) is 5.31. The summed E-state index contributed by atoms with van der Waals surface area (Å²) in [7, 11) is 0. The van der Waals surface area contributed by atoms with Crippen molar-refractivity contribution in [3.8, 4) is 0 Å². The molecule has 1 atom stereocenters. The Hall–Kier alpha value is -3.19. The van der Waals surface area contributed by atoms with Crippen molar-refractivity contribution in [2.45, 2.75) is 32.2 Å². The minimum atomic E-state index is -0.427. The number of thiophene rings is 1. The van der Waals surface area contributed by atoms with E-state index in [1.54, 1.807) is 6.07 Å². The molecule has 1 aromatic carbocycles. The van der Waals surface area contributed by atoms with Gasteiger partial charge in [-0.3, -0.25) is 9.59 Å². The molecule has 0 bridgehead atoms. The Morgan fingerprint density at radius 2 is 2.03 bits per heavy atom. The molecule has 29 heavy (non-hydrogen) atoms. The van der Waals surface area contributed by atoms with E-state index in [1.165, 1.54) is 17.4 Å². The number of carbonyl (C=O) groups is 1. The number of hydrogen-bond donors (Lipinski definition) is 3. The minimum Gasteiger partial charge on any atom is -0.361 e. The molecule has 3 heterocycles. The molecule has 6 nitrogen and oxygen atoms in total. The summed E-state index contributed by atoms with van der Waals surface area (Å²) in [5, 5.41) is 6.04. The van der Waals surface area contributed by atoms with Gasteiger partial charge in [0, 0.05) is 35.5 Å². The SMILES string of the molecule is CC(C)c1nc(C(Cc2c[nH]c3ccccc23)NC(=O)c2cccs2)cc(=O)[nH]1. The molecule has 0 aliphatic rings. The first kappa shape index (κ1) is 19.1. The van der Waals surface area contributed by atoms with Gasteiger partial charge in [0.25, 0.3) is 11.5 Å². The van der Waals surface area contributed by atoms with E-state index in [1.807, 2.05) is 55.8 Å². The molecular formula is C22H22N4O2S. The fraction of sp³-hybridized carbons (Fsp3) is 0.227. The van der Waals surface area contributed by atoms with Crippen LogP contribution in [0.1, 0.15) is 52.6 Å². The third kappa shape index (κ3) is 4.14. The molecule has 3 aromatic heterocycles. The second-order valence-electron chi connectivity index (χ2n) is 7.28. The number of benzene rings is 1. The van der Waals surface area contributed by atoms with Crippen LogP contribution in [-0.2, 0) is 6.42 Å². The van der Waals surface area contributed by atoms with Gasteiger partial charge in [0.05, 0.1) is 16.6 Å². The van der Waals surface area contributed by atoms with E-state index in [0.717, 1.165) is 16.5 Å². The fourth-order valence-corrected chi connectivity index (χ4v) is 3.96. The summed E-state index contributed by atoms with van der Waals surface area (Å²) in [4.78, 5) is 36.3. The van der Waals surface area contributed by atoms with Gasteiger partial charge < -0.3 is 15.3 Å². The first-order valence-electron chi connectivity index (χ1n) is 9.52. The largest absolute Gasteiger partial charge is 0.361 e. The minimum absolute atomic E-state index is 0.0735. The number of H-pyrrole nitrogens is 2. The zero-order valence-corrected chi connectivity index (χ0v) is 17.0. The van der Waals surface area contributed by atoms with E-state index in [-0.39, 0.29) is 17.4 Å². The average Bonchev–Trinajstić information content (AvgIpc) is 3.37. The number of rotatable bonds is 6. The third-order valence-electron chi connectivity index (χ3n) is 4.83. The number of nitrogens with zero attached hydrogens (tertiary/aromatic N) is 1. The average molecular weight is 407 g/mol. The van der Waals surface area contributed by atoms with Crippen LogP contribution >= 0.6 is 11.3 Å². The van der Waals surface area contributed by atoms with Crippen LogP contribution in [0.2, 0.25) is 0 Å². The highest BCUT2D eigenvalue weighted by Crippen LogP contribution is 2.24. The zero-order chi connectivity index (χ0) is 20.4. The summed E-state index contributed by atoms with van der Waals surface area (Å²) in [6.45, 7) is 3.95. The Morgan fingerprint density at radius 1 is 1.21 bits per heavy atom. The van der Waals surface area contributed by atoms with Crippen LogP contribution in [0, 0.1) is 0 Å². The van der Waals surface area contributed by atoms with Crippen LogP contribution in [0.15, 0.2) is 58.8 Å². The smallest absolute Gasteiger partial charge is 0.261 e. The topological polar surface area (TPSA) is 90.6 Å². The molecule has 1 unspecified atom stereocenters. The quantitative estimate of drug-likeness (QED) is 0.449. The van der Waals surface area contributed by atoms with E-state index in [2.05, 4.69) is 20.3 Å². The Morgan fingerprint density at radius 3 is 2.79 bits per heavy atom. The van der Waals surface area contributed by atoms with Gasteiger partial charge in [0.15, 0.2) is 0 Å². The van der Waals surface area contributed by atoms with Crippen LogP contribution in [-0.4, -0.2) is 20.9 Å². The standard InChI is InChI=1S/C22H22N4O2S/c1-13(2)21-24-18(11-20(27)26-21)17(25-22(28)19-8-5-9-29-19)10-14-12-23-16-7-4-3-6-15(14)16/h3-9,11-13,17,23H,10H2,1-2H3,(H,25,28)(H,24,26,27). The summed E-state index contributed by atoms with van der Waals surface area (Å²) < 4.78 is 0. The van der Waals surface area contributed by atoms with E-state index >= 15 is 0 Å². The number of carbonyl (C=O) groups excluding carboxylic acids is 1. The maximum Gasteiger partial charge on any atom is 0.261 e. The third-order valence-corrected chi connectivity index (χ3v) is 5.70. The van der Waals surface area contributed by atoms with Crippen LogP contribution in [0.5, 0.6) is 0 Å². The Balaban J connectivity index is 1.73. The summed E-state index contributed by atoms with van der Waals surface area (Å²) in [6, 6.07) is 12.7. The van der Waals surface area contributed by atoms with Crippen LogP contribution < -0.4 is 10.9 Å². The van der Waals surface area contributed by atoms with Crippen molar-refractivity contribution in [2.24, 2.45) is 0 Å². The molecule has 0 aliphatic carbocycles. The molecule has 0 fully saturated rings. The highest BCUT2D eigenvalue weighted by Gasteiger charge is 2.21. The lowest BCUT2D eigenvalue weighted by Gasteiger charge is -2.19. The first-order chi connectivity index (χ1) is 14.0. The van der Waals surface area contributed by atoms with Crippen molar-refractivity contribution < 1.29 is 4.79 Å². The van der Waals surface area contributed by atoms with Crippen LogP contribution in [0.3, 0.4) is 0 Å². The summed E-state index contributed by atoms with van der Waals surface area (Å²) in [5.74, 6) is 0.518. The molecule has 4 aromatic rings.